The molecule has 90 valence electrons. The van der Waals surface area contributed by atoms with E-state index in [0.717, 1.165) is 12.0 Å². The maximum atomic E-state index is 11.4. The average Bonchev–Trinajstić information content (AvgIpc) is 2.67. The van der Waals surface area contributed by atoms with Gasteiger partial charge in [-0.15, -0.1) is 0 Å². The molecule has 0 spiro atoms. The van der Waals surface area contributed by atoms with E-state index in [2.05, 4.69) is 5.32 Å². The third-order valence-corrected chi connectivity index (χ3v) is 3.23. The van der Waals surface area contributed by atoms with Crippen LogP contribution in [0.3, 0.4) is 0 Å². The van der Waals surface area contributed by atoms with Crippen LogP contribution in [0.15, 0.2) is 18.2 Å². The highest BCUT2D eigenvalue weighted by Crippen LogP contribution is 2.26. The molecule has 1 heterocycles. The number of hydrogen-bond acceptors (Lipinski definition) is 3. The topological polar surface area (TPSA) is 72.2 Å². The average molecular weight is 255 g/mol. The summed E-state index contributed by atoms with van der Waals surface area (Å²) in [7, 11) is 0. The van der Waals surface area contributed by atoms with E-state index in [1.165, 1.54) is 12.1 Å². The first-order chi connectivity index (χ1) is 8.08. The van der Waals surface area contributed by atoms with Crippen LogP contribution in [0.2, 0.25) is 5.02 Å². The Kier molecular flexibility index (Phi) is 3.28. The van der Waals surface area contributed by atoms with Crippen LogP contribution in [0.4, 0.5) is 5.69 Å². The van der Waals surface area contributed by atoms with Crippen molar-refractivity contribution in [2.24, 2.45) is 5.92 Å². The first-order valence-corrected chi connectivity index (χ1v) is 5.66. The number of carbonyl (C=O) groups excluding carboxylic acids is 1. The number of amides is 1. The number of carbonyl (C=O) groups is 1. The third-order valence-electron chi connectivity index (χ3n) is 2.88. The summed E-state index contributed by atoms with van der Waals surface area (Å²) in [6, 6.07) is 4.35. The standard InChI is InChI=1S/C11H11ClN2O3/c12-10-6-9(14(16)17)2-1-7(10)5-8-3-4-13-11(8)15/h1-2,6,8H,3-5H2,(H,13,15). The van der Waals surface area contributed by atoms with Gasteiger partial charge < -0.3 is 5.32 Å². The molecular weight excluding hydrogens is 244 g/mol. The lowest BCUT2D eigenvalue weighted by Crippen LogP contribution is -2.20. The molecule has 1 amide bonds. The number of nitro benzene ring substituents is 1. The molecule has 1 unspecified atom stereocenters. The molecular formula is C11H11ClN2O3. The zero-order chi connectivity index (χ0) is 12.4. The van der Waals surface area contributed by atoms with Crippen molar-refractivity contribution in [3.63, 3.8) is 0 Å². The summed E-state index contributed by atoms with van der Waals surface area (Å²) in [6.07, 6.45) is 1.31. The zero-order valence-electron chi connectivity index (χ0n) is 8.98. The SMILES string of the molecule is O=C1NCCC1Cc1ccc([N+](=O)[O-])cc1Cl. The molecule has 17 heavy (non-hydrogen) atoms. The van der Waals surface area contributed by atoms with E-state index in [-0.39, 0.29) is 17.5 Å². The van der Waals surface area contributed by atoms with Crippen LogP contribution in [0, 0.1) is 16.0 Å². The summed E-state index contributed by atoms with van der Waals surface area (Å²) in [5.41, 5.74) is 0.744. The van der Waals surface area contributed by atoms with Crippen LogP contribution in [0.25, 0.3) is 0 Å². The number of rotatable bonds is 3. The zero-order valence-corrected chi connectivity index (χ0v) is 9.74. The fourth-order valence-corrected chi connectivity index (χ4v) is 2.17. The summed E-state index contributed by atoms with van der Waals surface area (Å²) in [5.74, 6) is -0.0478. The van der Waals surface area contributed by atoms with E-state index in [0.29, 0.717) is 18.0 Å². The number of nitrogens with zero attached hydrogens (tertiary/aromatic N) is 1. The molecule has 1 N–H and O–H groups in total. The second-order valence-corrected chi connectivity index (χ2v) is 4.42. The van der Waals surface area contributed by atoms with Crippen molar-refractivity contribution in [3.05, 3.63) is 38.9 Å². The Morgan fingerprint density at radius 1 is 1.53 bits per heavy atom. The molecule has 1 aromatic carbocycles. The van der Waals surface area contributed by atoms with Crippen LogP contribution >= 0.6 is 11.6 Å². The lowest BCUT2D eigenvalue weighted by molar-refractivity contribution is -0.384. The van der Waals surface area contributed by atoms with Crippen LogP contribution in [-0.2, 0) is 11.2 Å². The lowest BCUT2D eigenvalue weighted by atomic mass is 9.98. The number of nitro groups is 1. The molecule has 1 aliphatic rings. The molecule has 1 aromatic rings. The minimum atomic E-state index is -0.488. The minimum absolute atomic E-state index is 0.0272. The maximum Gasteiger partial charge on any atom is 0.270 e. The lowest BCUT2D eigenvalue weighted by Gasteiger charge is -2.08. The van der Waals surface area contributed by atoms with Gasteiger partial charge in [-0.1, -0.05) is 17.7 Å². The van der Waals surface area contributed by atoms with Gasteiger partial charge in [0.15, 0.2) is 0 Å². The van der Waals surface area contributed by atoms with Gasteiger partial charge >= 0.3 is 0 Å². The molecule has 0 saturated carbocycles. The van der Waals surface area contributed by atoms with Crippen molar-refractivity contribution in [2.45, 2.75) is 12.8 Å². The summed E-state index contributed by atoms with van der Waals surface area (Å²) in [4.78, 5) is 21.5. The van der Waals surface area contributed by atoms with Crippen LogP contribution < -0.4 is 5.32 Å². The highest BCUT2D eigenvalue weighted by molar-refractivity contribution is 6.31. The molecule has 2 rings (SSSR count). The Morgan fingerprint density at radius 2 is 2.29 bits per heavy atom. The fraction of sp³-hybridized carbons (Fsp3) is 0.364. The van der Waals surface area contributed by atoms with E-state index < -0.39 is 4.92 Å². The quantitative estimate of drug-likeness (QED) is 0.662. The third kappa shape index (κ3) is 2.55. The van der Waals surface area contributed by atoms with Crippen LogP contribution in [-0.4, -0.2) is 17.4 Å². The summed E-state index contributed by atoms with van der Waals surface area (Å²) in [6.45, 7) is 0.689. The van der Waals surface area contributed by atoms with Gasteiger partial charge in [-0.3, -0.25) is 14.9 Å². The fourth-order valence-electron chi connectivity index (χ4n) is 1.92. The first kappa shape index (κ1) is 11.9. The monoisotopic (exact) mass is 254 g/mol. The van der Waals surface area contributed by atoms with Crippen molar-refractivity contribution in [1.82, 2.24) is 5.32 Å². The smallest absolute Gasteiger partial charge is 0.270 e. The molecule has 1 saturated heterocycles. The first-order valence-electron chi connectivity index (χ1n) is 5.28. The summed E-state index contributed by atoms with van der Waals surface area (Å²) in [5, 5.41) is 13.6. The van der Waals surface area contributed by atoms with E-state index >= 15 is 0 Å². The molecule has 1 fully saturated rings. The number of halogens is 1. The van der Waals surface area contributed by atoms with Crippen molar-refractivity contribution >= 4 is 23.2 Å². The van der Waals surface area contributed by atoms with Gasteiger partial charge in [-0.25, -0.2) is 0 Å². The van der Waals surface area contributed by atoms with E-state index in [1.54, 1.807) is 6.07 Å². The van der Waals surface area contributed by atoms with Gasteiger partial charge in [0.1, 0.15) is 0 Å². The molecule has 0 bridgehead atoms. The van der Waals surface area contributed by atoms with Gasteiger partial charge in [0.05, 0.1) is 9.95 Å². The Morgan fingerprint density at radius 3 is 2.82 bits per heavy atom. The summed E-state index contributed by atoms with van der Waals surface area (Å²) >= 11 is 5.96. The molecule has 5 nitrogen and oxygen atoms in total. The van der Waals surface area contributed by atoms with Gasteiger partial charge in [0.2, 0.25) is 5.91 Å². The molecule has 1 aliphatic heterocycles. The van der Waals surface area contributed by atoms with Gasteiger partial charge in [0.25, 0.3) is 5.69 Å². The number of benzene rings is 1. The predicted octanol–water partition coefficient (Wildman–Crippen LogP) is 1.93. The minimum Gasteiger partial charge on any atom is -0.356 e. The van der Waals surface area contributed by atoms with Crippen molar-refractivity contribution in [2.75, 3.05) is 6.54 Å². The Bertz CT molecular complexity index is 476. The highest BCUT2D eigenvalue weighted by atomic mass is 35.5. The van der Waals surface area contributed by atoms with E-state index in [4.69, 9.17) is 11.6 Å². The molecule has 6 heteroatoms. The molecule has 1 atom stereocenters. The summed E-state index contributed by atoms with van der Waals surface area (Å²) < 4.78 is 0. The normalized spacial score (nSPS) is 19.1. The number of non-ortho nitro benzene ring substituents is 1. The Labute approximate surface area is 103 Å². The van der Waals surface area contributed by atoms with Gasteiger partial charge in [-0.2, -0.15) is 0 Å². The maximum absolute atomic E-state index is 11.4. The largest absolute Gasteiger partial charge is 0.356 e. The van der Waals surface area contributed by atoms with Crippen molar-refractivity contribution in [1.29, 1.82) is 0 Å². The molecule has 0 aromatic heterocycles. The number of nitrogens with one attached hydrogen (secondary N) is 1. The van der Waals surface area contributed by atoms with Crippen molar-refractivity contribution < 1.29 is 9.72 Å². The Balaban J connectivity index is 2.16. The molecule has 0 radical (unpaired) electrons. The predicted molar refractivity (Wildman–Crippen MR) is 62.9 cm³/mol. The van der Waals surface area contributed by atoms with E-state index in [9.17, 15) is 14.9 Å². The Hall–Kier alpha value is -1.62. The highest BCUT2D eigenvalue weighted by Gasteiger charge is 2.25. The van der Waals surface area contributed by atoms with Gasteiger partial charge in [-0.05, 0) is 18.4 Å². The van der Waals surface area contributed by atoms with Crippen LogP contribution in [0.1, 0.15) is 12.0 Å². The number of hydrogen-bond donors (Lipinski definition) is 1. The van der Waals surface area contributed by atoms with E-state index in [1.807, 2.05) is 0 Å². The second kappa shape index (κ2) is 4.71. The van der Waals surface area contributed by atoms with Crippen molar-refractivity contribution in [3.8, 4) is 0 Å². The second-order valence-electron chi connectivity index (χ2n) is 4.01. The molecule has 0 aliphatic carbocycles. The van der Waals surface area contributed by atoms with Gasteiger partial charge in [0, 0.05) is 24.6 Å². The van der Waals surface area contributed by atoms with Crippen LogP contribution in [0.5, 0.6) is 0 Å².